The second-order valence-electron chi connectivity index (χ2n) is 7.80. The van der Waals surface area contributed by atoms with Crippen molar-refractivity contribution >= 4 is 34.4 Å². The van der Waals surface area contributed by atoms with Crippen molar-refractivity contribution < 1.29 is 19.5 Å². The maximum atomic E-state index is 12.7. The van der Waals surface area contributed by atoms with Crippen LogP contribution in [0.3, 0.4) is 0 Å². The van der Waals surface area contributed by atoms with Crippen LogP contribution < -0.4 is 15.8 Å². The van der Waals surface area contributed by atoms with Crippen LogP contribution in [0.25, 0.3) is 10.9 Å². The lowest BCUT2D eigenvalue weighted by atomic mass is 9.96. The van der Waals surface area contributed by atoms with Crippen molar-refractivity contribution in [1.82, 2.24) is 9.88 Å². The van der Waals surface area contributed by atoms with Gasteiger partial charge in [-0.1, -0.05) is 0 Å². The first-order valence-electron chi connectivity index (χ1n) is 9.82. The number of imide groups is 1. The molecular formula is C21H23N3O5. The Bertz CT molecular complexity index is 1070. The van der Waals surface area contributed by atoms with E-state index in [0.29, 0.717) is 37.9 Å². The fraction of sp³-hybridized carbons (Fsp3) is 0.429. The monoisotopic (exact) mass is 397 g/mol. The van der Waals surface area contributed by atoms with Gasteiger partial charge in [0.25, 0.3) is 5.56 Å². The highest BCUT2D eigenvalue weighted by atomic mass is 16.4. The van der Waals surface area contributed by atoms with E-state index in [1.54, 1.807) is 0 Å². The molecule has 0 radical (unpaired) electrons. The predicted octanol–water partition coefficient (Wildman–Crippen LogP) is 1.59. The fourth-order valence-electron chi connectivity index (χ4n) is 4.33. The lowest BCUT2D eigenvalue weighted by molar-refractivity contribution is -0.142. The van der Waals surface area contributed by atoms with Gasteiger partial charge in [-0.15, -0.1) is 0 Å². The van der Waals surface area contributed by atoms with Gasteiger partial charge in [0.05, 0.1) is 11.4 Å². The highest BCUT2D eigenvalue weighted by Gasteiger charge is 2.30. The van der Waals surface area contributed by atoms with Crippen molar-refractivity contribution in [2.45, 2.75) is 38.6 Å². The van der Waals surface area contributed by atoms with Gasteiger partial charge in [-0.2, -0.15) is 0 Å². The van der Waals surface area contributed by atoms with Crippen molar-refractivity contribution in [1.29, 1.82) is 0 Å². The number of rotatable bonds is 3. The molecule has 0 bridgehead atoms. The molecule has 152 valence electrons. The summed E-state index contributed by atoms with van der Waals surface area (Å²) in [5.74, 6) is -1.81. The number of aliphatic carboxylic acids is 1. The number of piperidine rings is 2. The molecule has 4 rings (SSSR count). The van der Waals surface area contributed by atoms with Crippen LogP contribution in [-0.2, 0) is 14.4 Å². The summed E-state index contributed by atoms with van der Waals surface area (Å²) in [7, 11) is 0. The summed E-state index contributed by atoms with van der Waals surface area (Å²) in [6, 6.07) is 6.55. The molecule has 2 saturated heterocycles. The van der Waals surface area contributed by atoms with Crippen LogP contribution in [-0.4, -0.2) is 40.5 Å². The number of carboxylic acid groups (broad SMARTS) is 1. The van der Waals surface area contributed by atoms with E-state index < -0.39 is 17.9 Å². The number of anilines is 1. The summed E-state index contributed by atoms with van der Waals surface area (Å²) in [5, 5.41) is 12.4. The number of carboxylic acids is 1. The molecule has 8 nitrogen and oxygen atoms in total. The van der Waals surface area contributed by atoms with Gasteiger partial charge in [0.15, 0.2) is 0 Å². The fourth-order valence-corrected chi connectivity index (χ4v) is 4.33. The first-order chi connectivity index (χ1) is 13.8. The molecule has 1 aromatic heterocycles. The summed E-state index contributed by atoms with van der Waals surface area (Å²) in [6.07, 6.45) is 1.70. The van der Waals surface area contributed by atoms with Crippen LogP contribution >= 0.6 is 0 Å². The third-order valence-corrected chi connectivity index (χ3v) is 5.97. The zero-order chi connectivity index (χ0) is 20.7. The Labute approximate surface area is 167 Å². The molecule has 2 aliphatic rings. The van der Waals surface area contributed by atoms with Crippen molar-refractivity contribution in [2.24, 2.45) is 5.92 Å². The number of carbonyl (C=O) groups excluding carboxylic acids is 2. The molecule has 0 spiro atoms. The van der Waals surface area contributed by atoms with Gasteiger partial charge in [-0.3, -0.25) is 29.1 Å². The number of aromatic nitrogens is 1. The Kier molecular flexibility index (Phi) is 4.86. The van der Waals surface area contributed by atoms with Crippen molar-refractivity contribution in [3.8, 4) is 0 Å². The molecule has 8 heteroatoms. The van der Waals surface area contributed by atoms with Crippen LogP contribution in [0.5, 0.6) is 0 Å². The summed E-state index contributed by atoms with van der Waals surface area (Å²) in [4.78, 5) is 49.8. The van der Waals surface area contributed by atoms with Crippen molar-refractivity contribution in [3.05, 3.63) is 40.2 Å². The molecule has 3 heterocycles. The van der Waals surface area contributed by atoms with E-state index >= 15 is 0 Å². The topological polar surface area (TPSA) is 109 Å². The highest BCUT2D eigenvalue weighted by Crippen LogP contribution is 2.30. The van der Waals surface area contributed by atoms with E-state index in [4.69, 9.17) is 0 Å². The number of benzene rings is 1. The molecule has 2 amide bonds. The number of carbonyl (C=O) groups is 3. The molecule has 1 aromatic carbocycles. The van der Waals surface area contributed by atoms with Crippen LogP contribution in [0.2, 0.25) is 0 Å². The van der Waals surface area contributed by atoms with Gasteiger partial charge in [-0.05, 0) is 49.9 Å². The van der Waals surface area contributed by atoms with Gasteiger partial charge in [-0.25, -0.2) is 0 Å². The second kappa shape index (κ2) is 7.35. The van der Waals surface area contributed by atoms with E-state index in [1.807, 2.05) is 25.1 Å². The summed E-state index contributed by atoms with van der Waals surface area (Å²) < 4.78 is 1.48. The summed E-state index contributed by atoms with van der Waals surface area (Å²) in [5.41, 5.74) is 2.18. The number of fused-ring (bicyclic) bond motifs is 1. The summed E-state index contributed by atoms with van der Waals surface area (Å²) >= 11 is 0. The molecule has 29 heavy (non-hydrogen) atoms. The lowest BCUT2D eigenvalue weighted by Gasteiger charge is -2.32. The number of nitrogens with one attached hydrogen (secondary N) is 1. The van der Waals surface area contributed by atoms with E-state index in [2.05, 4.69) is 10.2 Å². The second-order valence-corrected chi connectivity index (χ2v) is 7.80. The Morgan fingerprint density at radius 1 is 1.10 bits per heavy atom. The van der Waals surface area contributed by atoms with Crippen LogP contribution in [0, 0.1) is 12.8 Å². The number of nitrogens with zero attached hydrogens (tertiary/aromatic N) is 2. The molecule has 1 atom stereocenters. The van der Waals surface area contributed by atoms with Crippen molar-refractivity contribution in [3.63, 3.8) is 0 Å². The van der Waals surface area contributed by atoms with Gasteiger partial charge in [0.1, 0.15) is 6.04 Å². The Morgan fingerprint density at radius 2 is 1.83 bits per heavy atom. The minimum Gasteiger partial charge on any atom is -0.481 e. The normalized spacial score (nSPS) is 20.7. The van der Waals surface area contributed by atoms with Crippen LogP contribution in [0.4, 0.5) is 5.69 Å². The molecule has 2 fully saturated rings. The molecule has 2 N–H and O–H groups in total. The average molecular weight is 397 g/mol. The smallest absolute Gasteiger partial charge is 0.306 e. The molecular weight excluding hydrogens is 374 g/mol. The van der Waals surface area contributed by atoms with E-state index in [9.17, 15) is 24.3 Å². The lowest BCUT2D eigenvalue weighted by Crippen LogP contribution is -2.44. The third-order valence-electron chi connectivity index (χ3n) is 5.97. The minimum atomic E-state index is -0.743. The first-order valence-corrected chi connectivity index (χ1v) is 9.82. The maximum Gasteiger partial charge on any atom is 0.306 e. The first kappa shape index (κ1) is 19.2. The van der Waals surface area contributed by atoms with Gasteiger partial charge >= 0.3 is 5.97 Å². The number of hydrogen-bond acceptors (Lipinski definition) is 5. The Morgan fingerprint density at radius 3 is 2.48 bits per heavy atom. The number of aryl methyl sites for hydroxylation is 1. The minimum absolute atomic E-state index is 0.203. The Balaban J connectivity index is 1.71. The zero-order valence-electron chi connectivity index (χ0n) is 16.2. The maximum absolute atomic E-state index is 12.7. The number of pyridine rings is 1. The SMILES string of the molecule is Cc1cc(=O)n(C2CCC(=O)NC2=O)c2ccc(N3CCC(C(=O)O)CC3)cc12. The van der Waals surface area contributed by atoms with Crippen LogP contribution in [0.15, 0.2) is 29.1 Å². The molecule has 2 aliphatic heterocycles. The summed E-state index contributed by atoms with van der Waals surface area (Å²) in [6.45, 7) is 3.18. The predicted molar refractivity (Wildman–Crippen MR) is 107 cm³/mol. The Hall–Kier alpha value is -3.16. The van der Waals surface area contributed by atoms with E-state index in [-0.39, 0.29) is 23.8 Å². The third kappa shape index (κ3) is 3.50. The zero-order valence-corrected chi connectivity index (χ0v) is 16.2. The molecule has 1 unspecified atom stereocenters. The average Bonchev–Trinajstić information content (AvgIpc) is 2.69. The number of hydrogen-bond donors (Lipinski definition) is 2. The van der Waals surface area contributed by atoms with E-state index in [0.717, 1.165) is 16.6 Å². The van der Waals surface area contributed by atoms with Gasteiger partial charge in [0.2, 0.25) is 11.8 Å². The number of amides is 2. The van der Waals surface area contributed by atoms with Crippen molar-refractivity contribution in [2.75, 3.05) is 18.0 Å². The quantitative estimate of drug-likeness (QED) is 0.762. The van der Waals surface area contributed by atoms with Gasteiger partial charge in [0, 0.05) is 36.7 Å². The standard InChI is InChI=1S/C21H23N3O5/c1-12-10-19(26)24(17-4-5-18(25)22-20(17)27)16-3-2-14(11-15(12)16)23-8-6-13(7-9-23)21(28)29/h2-3,10-11,13,17H,4-9H2,1H3,(H,28,29)(H,22,25,27). The van der Waals surface area contributed by atoms with Crippen LogP contribution in [0.1, 0.15) is 37.3 Å². The molecule has 2 aromatic rings. The van der Waals surface area contributed by atoms with E-state index in [1.165, 1.54) is 10.6 Å². The van der Waals surface area contributed by atoms with Gasteiger partial charge < -0.3 is 10.0 Å². The highest BCUT2D eigenvalue weighted by molar-refractivity contribution is 6.00. The molecule has 0 saturated carbocycles. The molecule has 0 aliphatic carbocycles. The largest absolute Gasteiger partial charge is 0.481 e.